The van der Waals surface area contributed by atoms with Crippen LogP contribution in [0.15, 0.2) is 30.3 Å². The van der Waals surface area contributed by atoms with Crippen LogP contribution in [0.2, 0.25) is 0 Å². The molecule has 2 rings (SSSR count). The number of nitrogens with zero attached hydrogens (tertiary/aromatic N) is 1. The van der Waals surface area contributed by atoms with Crippen LogP contribution in [0.25, 0.3) is 0 Å². The van der Waals surface area contributed by atoms with E-state index in [-0.39, 0.29) is 12.1 Å². The molecule has 1 fully saturated rings. The van der Waals surface area contributed by atoms with E-state index in [4.69, 9.17) is 4.74 Å². The van der Waals surface area contributed by atoms with Gasteiger partial charge in [-0.1, -0.05) is 37.3 Å². The number of likely N-dealkylation sites (tertiary alicyclic amines) is 1. The van der Waals surface area contributed by atoms with E-state index in [9.17, 15) is 4.79 Å². The van der Waals surface area contributed by atoms with Crippen LogP contribution in [0.5, 0.6) is 0 Å². The van der Waals surface area contributed by atoms with E-state index in [0.29, 0.717) is 18.0 Å². The van der Waals surface area contributed by atoms with Gasteiger partial charge in [0.1, 0.15) is 5.60 Å². The topological polar surface area (TPSA) is 41.6 Å². The van der Waals surface area contributed by atoms with Crippen molar-refractivity contribution < 1.29 is 9.53 Å². The molecule has 0 bridgehead atoms. The summed E-state index contributed by atoms with van der Waals surface area (Å²) in [4.78, 5) is 14.6. The Balaban J connectivity index is 1.99. The summed E-state index contributed by atoms with van der Waals surface area (Å²) in [5.41, 5.74) is 0.875. The maximum atomic E-state index is 12.1. The number of hydrogen-bond donors (Lipinski definition) is 1. The van der Waals surface area contributed by atoms with Crippen LogP contribution in [-0.4, -0.2) is 34.7 Å². The van der Waals surface area contributed by atoms with Crippen molar-refractivity contribution in [1.29, 1.82) is 0 Å². The van der Waals surface area contributed by atoms with Crippen molar-refractivity contribution in [2.24, 2.45) is 5.92 Å². The van der Waals surface area contributed by atoms with Crippen LogP contribution in [0.1, 0.15) is 53.5 Å². The lowest BCUT2D eigenvalue weighted by atomic mass is 9.83. The minimum Gasteiger partial charge on any atom is -0.444 e. The first-order chi connectivity index (χ1) is 11.2. The first kappa shape index (κ1) is 18.8. The van der Waals surface area contributed by atoms with Crippen molar-refractivity contribution in [3.05, 3.63) is 35.9 Å². The molecule has 4 nitrogen and oxygen atoms in total. The van der Waals surface area contributed by atoms with Gasteiger partial charge in [0.2, 0.25) is 0 Å². The van der Waals surface area contributed by atoms with Crippen LogP contribution in [0, 0.1) is 5.92 Å². The Morgan fingerprint density at radius 2 is 1.83 bits per heavy atom. The standard InChI is InChI=1S/C20H32N2O2/c1-14-12-18(21-19(23)24-20(4,5)6)15(2)16(3)22(14)13-17-10-8-7-9-11-17/h7-11,14-16,18H,12-13H2,1-6H3,(H,21,23)/t14-,15-,16-,18+/m0/s1. The van der Waals surface area contributed by atoms with Gasteiger partial charge in [-0.25, -0.2) is 4.79 Å². The van der Waals surface area contributed by atoms with Crippen molar-refractivity contribution in [2.45, 2.75) is 78.2 Å². The van der Waals surface area contributed by atoms with Gasteiger partial charge >= 0.3 is 6.09 Å². The molecule has 1 aromatic rings. The molecule has 1 saturated heterocycles. The Morgan fingerprint density at radius 1 is 1.21 bits per heavy atom. The van der Waals surface area contributed by atoms with E-state index in [1.807, 2.05) is 20.8 Å². The van der Waals surface area contributed by atoms with Gasteiger partial charge in [-0.2, -0.15) is 0 Å². The van der Waals surface area contributed by atoms with Crippen LogP contribution < -0.4 is 5.32 Å². The van der Waals surface area contributed by atoms with E-state index in [1.165, 1.54) is 5.56 Å². The molecule has 1 aliphatic heterocycles. The number of carbonyl (C=O) groups is 1. The normalized spacial score (nSPS) is 28.4. The second-order valence-electron chi connectivity index (χ2n) is 8.10. The zero-order chi connectivity index (χ0) is 17.9. The molecule has 1 heterocycles. The summed E-state index contributed by atoms with van der Waals surface area (Å²) in [6.07, 6.45) is 0.632. The van der Waals surface area contributed by atoms with Crippen LogP contribution >= 0.6 is 0 Å². The molecule has 4 atom stereocenters. The fourth-order valence-corrected chi connectivity index (χ4v) is 3.50. The Hall–Kier alpha value is -1.55. The van der Waals surface area contributed by atoms with Gasteiger partial charge in [-0.15, -0.1) is 0 Å². The number of nitrogens with one attached hydrogen (secondary N) is 1. The quantitative estimate of drug-likeness (QED) is 0.902. The Morgan fingerprint density at radius 3 is 2.42 bits per heavy atom. The first-order valence-corrected chi connectivity index (χ1v) is 8.96. The highest BCUT2D eigenvalue weighted by atomic mass is 16.6. The predicted molar refractivity (Wildman–Crippen MR) is 97.8 cm³/mol. The number of ether oxygens (including phenoxy) is 1. The smallest absolute Gasteiger partial charge is 0.407 e. The summed E-state index contributed by atoms with van der Waals surface area (Å²) in [6.45, 7) is 13.3. The van der Waals surface area contributed by atoms with Gasteiger partial charge < -0.3 is 10.1 Å². The highest BCUT2D eigenvalue weighted by Gasteiger charge is 2.37. The maximum Gasteiger partial charge on any atom is 0.407 e. The fraction of sp³-hybridized carbons (Fsp3) is 0.650. The number of rotatable bonds is 3. The third-order valence-electron chi connectivity index (χ3n) is 4.99. The summed E-state index contributed by atoms with van der Waals surface area (Å²) in [6, 6.07) is 11.5. The minimum absolute atomic E-state index is 0.150. The molecular weight excluding hydrogens is 300 g/mol. The molecule has 1 aromatic carbocycles. The molecule has 0 aromatic heterocycles. The van der Waals surface area contributed by atoms with E-state index in [2.05, 4.69) is 61.3 Å². The van der Waals surface area contributed by atoms with Gasteiger partial charge in [0.05, 0.1) is 0 Å². The number of carbonyl (C=O) groups excluding carboxylic acids is 1. The molecule has 0 unspecified atom stereocenters. The average Bonchev–Trinajstić information content (AvgIpc) is 2.48. The Kier molecular flexibility index (Phi) is 5.92. The SMILES string of the molecule is C[C@@H]1[C@H](NC(=O)OC(C)(C)C)C[C@H](C)N(Cc2ccccc2)[C@H]1C. The predicted octanol–water partition coefficient (Wildman–Crippen LogP) is 4.20. The van der Waals surface area contributed by atoms with Gasteiger partial charge in [0, 0.05) is 24.7 Å². The number of alkyl carbamates (subject to hydrolysis) is 1. The highest BCUT2D eigenvalue weighted by Crippen LogP contribution is 2.29. The van der Waals surface area contributed by atoms with E-state index < -0.39 is 5.60 Å². The van der Waals surface area contributed by atoms with Crippen LogP contribution in [0.3, 0.4) is 0 Å². The molecule has 1 aliphatic rings. The van der Waals surface area contributed by atoms with E-state index in [1.54, 1.807) is 0 Å². The number of benzene rings is 1. The van der Waals surface area contributed by atoms with Gasteiger partial charge in [0.25, 0.3) is 0 Å². The van der Waals surface area contributed by atoms with Crippen LogP contribution in [-0.2, 0) is 11.3 Å². The van der Waals surface area contributed by atoms with Crippen molar-refractivity contribution in [3.8, 4) is 0 Å². The summed E-state index contributed by atoms with van der Waals surface area (Å²) < 4.78 is 5.42. The van der Waals surface area contributed by atoms with Gasteiger partial charge in [-0.3, -0.25) is 4.90 Å². The average molecular weight is 332 g/mol. The Bertz CT molecular complexity index is 538. The summed E-state index contributed by atoms with van der Waals surface area (Å²) in [5, 5.41) is 3.08. The third kappa shape index (κ3) is 4.97. The first-order valence-electron chi connectivity index (χ1n) is 8.96. The highest BCUT2D eigenvalue weighted by molar-refractivity contribution is 5.68. The zero-order valence-electron chi connectivity index (χ0n) is 15.9. The Labute approximate surface area is 146 Å². The molecule has 0 aliphatic carbocycles. The minimum atomic E-state index is -0.460. The van der Waals surface area contributed by atoms with E-state index in [0.717, 1.165) is 13.0 Å². The van der Waals surface area contributed by atoms with Crippen molar-refractivity contribution >= 4 is 6.09 Å². The molecule has 0 saturated carbocycles. The molecule has 24 heavy (non-hydrogen) atoms. The summed E-state index contributed by atoms with van der Waals surface area (Å²) in [5.74, 6) is 0.373. The summed E-state index contributed by atoms with van der Waals surface area (Å²) in [7, 11) is 0. The fourth-order valence-electron chi connectivity index (χ4n) is 3.50. The molecule has 1 amide bonds. The van der Waals surface area contributed by atoms with Crippen molar-refractivity contribution in [2.75, 3.05) is 0 Å². The number of hydrogen-bond acceptors (Lipinski definition) is 3. The third-order valence-corrected chi connectivity index (χ3v) is 4.99. The maximum absolute atomic E-state index is 12.1. The number of amides is 1. The monoisotopic (exact) mass is 332 g/mol. The largest absolute Gasteiger partial charge is 0.444 e. The van der Waals surface area contributed by atoms with Gasteiger partial charge in [-0.05, 0) is 52.5 Å². The lowest BCUT2D eigenvalue weighted by Crippen LogP contribution is -2.57. The zero-order valence-corrected chi connectivity index (χ0v) is 15.9. The molecule has 0 spiro atoms. The molecule has 134 valence electrons. The van der Waals surface area contributed by atoms with Crippen molar-refractivity contribution in [1.82, 2.24) is 10.2 Å². The molecule has 1 N–H and O–H groups in total. The van der Waals surface area contributed by atoms with E-state index >= 15 is 0 Å². The molecule has 0 radical (unpaired) electrons. The van der Waals surface area contributed by atoms with Crippen molar-refractivity contribution in [3.63, 3.8) is 0 Å². The lowest BCUT2D eigenvalue weighted by molar-refractivity contribution is 0.0184. The second-order valence-corrected chi connectivity index (χ2v) is 8.10. The number of piperidine rings is 1. The lowest BCUT2D eigenvalue weighted by Gasteiger charge is -2.47. The van der Waals surface area contributed by atoms with Gasteiger partial charge in [0.15, 0.2) is 0 Å². The van der Waals surface area contributed by atoms with Crippen LogP contribution in [0.4, 0.5) is 4.79 Å². The summed E-state index contributed by atoms with van der Waals surface area (Å²) >= 11 is 0. The molecular formula is C20H32N2O2. The molecule has 4 heteroatoms. The second kappa shape index (κ2) is 7.56.